The first-order valence-corrected chi connectivity index (χ1v) is 7.85. The molecule has 2 aromatic rings. The van der Waals surface area contributed by atoms with E-state index in [1.54, 1.807) is 22.9 Å². The van der Waals surface area contributed by atoms with Crippen LogP contribution >= 0.6 is 0 Å². The predicted molar refractivity (Wildman–Crippen MR) is 73.9 cm³/mol. The molecule has 20 heavy (non-hydrogen) atoms. The monoisotopic (exact) mass is 296 g/mol. The van der Waals surface area contributed by atoms with Crippen molar-refractivity contribution in [1.29, 1.82) is 0 Å². The highest BCUT2D eigenvalue weighted by Gasteiger charge is 2.25. The average Bonchev–Trinajstić information content (AvgIpc) is 2.79. The van der Waals surface area contributed by atoms with Crippen LogP contribution < -0.4 is 0 Å². The second-order valence-corrected chi connectivity index (χ2v) is 7.02. The van der Waals surface area contributed by atoms with Crippen molar-refractivity contribution in [3.05, 3.63) is 36.3 Å². The molecular weight excluding hydrogens is 280 g/mol. The van der Waals surface area contributed by atoms with Gasteiger partial charge in [-0.15, -0.1) is 0 Å². The molecule has 0 aliphatic carbocycles. The van der Waals surface area contributed by atoms with Gasteiger partial charge in [-0.3, -0.25) is 4.79 Å². The number of imidazole rings is 1. The van der Waals surface area contributed by atoms with E-state index in [4.69, 9.17) is 0 Å². The minimum absolute atomic E-state index is 0.147. The van der Waals surface area contributed by atoms with Gasteiger partial charge in [0.25, 0.3) is 0 Å². The quantitative estimate of drug-likeness (QED) is 0.775. The van der Waals surface area contributed by atoms with E-state index in [1.807, 2.05) is 12.1 Å². The van der Waals surface area contributed by atoms with E-state index in [1.165, 1.54) is 14.0 Å². The Hall–Kier alpha value is -1.89. The number of fused-ring (bicyclic) bond motifs is 1. The minimum Gasteiger partial charge on any atom is -0.469 e. The number of esters is 1. The molecule has 0 spiro atoms. The van der Waals surface area contributed by atoms with Crippen LogP contribution in [0.3, 0.4) is 0 Å². The number of carbonyl (C=O) groups excluding carboxylic acids is 1. The van der Waals surface area contributed by atoms with Crippen molar-refractivity contribution in [3.63, 3.8) is 0 Å². The summed E-state index contributed by atoms with van der Waals surface area (Å²) in [5, 5.41) is -0.792. The van der Waals surface area contributed by atoms with Crippen LogP contribution in [0, 0.1) is 0 Å². The van der Waals surface area contributed by atoms with Gasteiger partial charge in [0.15, 0.2) is 9.84 Å². The summed E-state index contributed by atoms with van der Waals surface area (Å²) in [6, 6.07) is 5.47. The minimum atomic E-state index is -3.44. The maximum atomic E-state index is 12.2. The van der Waals surface area contributed by atoms with E-state index in [0.29, 0.717) is 11.3 Å². The maximum absolute atomic E-state index is 12.2. The summed E-state index contributed by atoms with van der Waals surface area (Å²) < 4.78 is 30.6. The third-order valence-electron chi connectivity index (χ3n) is 3.06. The molecule has 108 valence electrons. The van der Waals surface area contributed by atoms with Crippen LogP contribution in [0.2, 0.25) is 0 Å². The van der Waals surface area contributed by atoms with Crippen LogP contribution in [0.25, 0.3) is 5.65 Å². The molecule has 0 aromatic carbocycles. The van der Waals surface area contributed by atoms with Crippen molar-refractivity contribution in [2.45, 2.75) is 24.3 Å². The molecule has 0 amide bonds. The molecule has 1 unspecified atom stereocenters. The Morgan fingerprint density at radius 3 is 2.85 bits per heavy atom. The highest BCUT2D eigenvalue weighted by atomic mass is 32.2. The summed E-state index contributed by atoms with van der Waals surface area (Å²) in [6.07, 6.45) is 3.33. The van der Waals surface area contributed by atoms with E-state index < -0.39 is 21.1 Å². The zero-order chi connectivity index (χ0) is 14.8. The third-order valence-corrected chi connectivity index (χ3v) is 5.15. The Bertz CT molecular complexity index is 688. The molecule has 0 radical (unpaired) electrons. The molecule has 6 nitrogen and oxygen atoms in total. The highest BCUT2D eigenvalue weighted by molar-refractivity contribution is 7.91. The van der Waals surface area contributed by atoms with E-state index in [0.717, 1.165) is 0 Å². The molecule has 0 saturated carbocycles. The first kappa shape index (κ1) is 14.5. The molecule has 7 heteroatoms. The molecule has 1 atom stereocenters. The van der Waals surface area contributed by atoms with Gasteiger partial charge in [0, 0.05) is 12.4 Å². The Morgan fingerprint density at radius 1 is 1.45 bits per heavy atom. The molecule has 0 saturated heterocycles. The summed E-state index contributed by atoms with van der Waals surface area (Å²) in [4.78, 5) is 15.4. The average molecular weight is 296 g/mol. The molecule has 2 rings (SSSR count). The molecule has 0 N–H and O–H groups in total. The lowest BCUT2D eigenvalue weighted by Gasteiger charge is -2.10. The largest absolute Gasteiger partial charge is 0.469 e. The van der Waals surface area contributed by atoms with Gasteiger partial charge in [-0.1, -0.05) is 6.07 Å². The van der Waals surface area contributed by atoms with Gasteiger partial charge in [-0.2, -0.15) is 0 Å². The molecular formula is C13H16N2O4S. The topological polar surface area (TPSA) is 77.7 Å². The van der Waals surface area contributed by atoms with Gasteiger partial charge in [-0.25, -0.2) is 13.4 Å². The number of rotatable bonds is 5. The number of hydrogen-bond acceptors (Lipinski definition) is 5. The Labute approximate surface area is 117 Å². The smallest absolute Gasteiger partial charge is 0.306 e. The zero-order valence-corrected chi connectivity index (χ0v) is 12.1. The fourth-order valence-electron chi connectivity index (χ4n) is 1.85. The van der Waals surface area contributed by atoms with Crippen LogP contribution in [0.15, 0.2) is 30.6 Å². The molecule has 2 aromatic heterocycles. The Morgan fingerprint density at radius 2 is 2.20 bits per heavy atom. The number of nitrogens with zero attached hydrogens (tertiary/aromatic N) is 2. The van der Waals surface area contributed by atoms with Crippen LogP contribution in [-0.2, 0) is 25.1 Å². The summed E-state index contributed by atoms with van der Waals surface area (Å²) >= 11 is 0. The lowest BCUT2D eigenvalue weighted by Crippen LogP contribution is -2.23. The molecule has 0 aliphatic heterocycles. The number of aromatic nitrogens is 2. The van der Waals surface area contributed by atoms with Crippen molar-refractivity contribution in [3.8, 4) is 0 Å². The van der Waals surface area contributed by atoms with Gasteiger partial charge in [0.05, 0.1) is 30.2 Å². The van der Waals surface area contributed by atoms with Crippen LogP contribution in [0.5, 0.6) is 0 Å². The van der Waals surface area contributed by atoms with E-state index in [9.17, 15) is 13.2 Å². The van der Waals surface area contributed by atoms with Gasteiger partial charge in [0.1, 0.15) is 5.65 Å². The lowest BCUT2D eigenvalue weighted by atomic mass is 10.3. The van der Waals surface area contributed by atoms with Crippen molar-refractivity contribution >= 4 is 21.5 Å². The van der Waals surface area contributed by atoms with Gasteiger partial charge >= 0.3 is 5.97 Å². The molecule has 0 bridgehead atoms. The Balaban J connectivity index is 2.17. The molecule has 0 aliphatic rings. The Kier molecular flexibility index (Phi) is 4.08. The molecule has 2 heterocycles. The summed E-state index contributed by atoms with van der Waals surface area (Å²) in [6.45, 7) is 1.50. The number of carbonyl (C=O) groups is 1. The van der Waals surface area contributed by atoms with Crippen LogP contribution in [0.1, 0.15) is 19.0 Å². The van der Waals surface area contributed by atoms with Crippen molar-refractivity contribution in [2.24, 2.45) is 0 Å². The fraction of sp³-hybridized carbons (Fsp3) is 0.385. The SMILES string of the molecule is COC(=O)CC(C)S(=O)(=O)Cc1cn2ccccc2n1. The van der Waals surface area contributed by atoms with Gasteiger partial charge in [-0.05, 0) is 19.1 Å². The predicted octanol–water partition coefficient (Wildman–Crippen LogP) is 1.20. The van der Waals surface area contributed by atoms with E-state index >= 15 is 0 Å². The third kappa shape index (κ3) is 3.16. The van der Waals surface area contributed by atoms with Crippen molar-refractivity contribution < 1.29 is 17.9 Å². The van der Waals surface area contributed by atoms with Crippen LogP contribution in [0.4, 0.5) is 0 Å². The van der Waals surface area contributed by atoms with E-state index in [-0.39, 0.29) is 12.2 Å². The van der Waals surface area contributed by atoms with Crippen LogP contribution in [-0.4, -0.2) is 36.1 Å². The normalized spacial score (nSPS) is 13.3. The maximum Gasteiger partial charge on any atom is 0.306 e. The zero-order valence-electron chi connectivity index (χ0n) is 11.3. The van der Waals surface area contributed by atoms with Gasteiger partial charge in [0.2, 0.25) is 0 Å². The summed E-state index contributed by atoms with van der Waals surface area (Å²) in [5.41, 5.74) is 1.16. The lowest BCUT2D eigenvalue weighted by molar-refractivity contribution is -0.140. The number of methoxy groups -OCH3 is 1. The van der Waals surface area contributed by atoms with Gasteiger partial charge < -0.3 is 9.14 Å². The number of pyridine rings is 1. The number of ether oxygens (including phenoxy) is 1. The fourth-order valence-corrected chi connectivity index (χ4v) is 3.08. The molecule has 0 fully saturated rings. The first-order chi connectivity index (χ1) is 9.42. The second-order valence-electron chi connectivity index (χ2n) is 4.60. The van der Waals surface area contributed by atoms with Crippen molar-refractivity contribution in [2.75, 3.05) is 7.11 Å². The standard InChI is InChI=1S/C13H16N2O4S/c1-10(7-13(16)19-2)20(17,18)9-11-8-15-6-4-3-5-12(15)14-11/h3-6,8,10H,7,9H2,1-2H3. The van der Waals surface area contributed by atoms with Crippen molar-refractivity contribution in [1.82, 2.24) is 9.38 Å². The first-order valence-electron chi connectivity index (χ1n) is 6.13. The highest BCUT2D eigenvalue weighted by Crippen LogP contribution is 2.14. The summed E-state index contributed by atoms with van der Waals surface area (Å²) in [7, 11) is -2.20. The second kappa shape index (κ2) is 5.62. The number of hydrogen-bond donors (Lipinski definition) is 0. The van der Waals surface area contributed by atoms with E-state index in [2.05, 4.69) is 9.72 Å². The summed E-state index contributed by atoms with van der Waals surface area (Å²) in [5.74, 6) is -0.719. The number of sulfone groups is 1.